The van der Waals surface area contributed by atoms with Crippen LogP contribution in [0.4, 0.5) is 0 Å². The van der Waals surface area contributed by atoms with Crippen LogP contribution in [0.25, 0.3) is 10.9 Å². The topological polar surface area (TPSA) is 39.8 Å². The summed E-state index contributed by atoms with van der Waals surface area (Å²) < 4.78 is 0. The first-order valence-electron chi connectivity index (χ1n) is 5.44. The van der Waals surface area contributed by atoms with Crippen molar-refractivity contribution in [3.63, 3.8) is 0 Å². The van der Waals surface area contributed by atoms with Crippen LogP contribution in [0.1, 0.15) is 11.6 Å². The molecular formula is C12H15N3. The molecule has 3 nitrogen and oxygen atoms in total. The average molecular weight is 201 g/mol. The van der Waals surface area contributed by atoms with E-state index in [2.05, 4.69) is 39.9 Å². The number of aromatic amines is 1. The predicted octanol–water partition coefficient (Wildman–Crippen LogP) is 1.40. The number of aromatic nitrogens is 1. The molecule has 0 spiro atoms. The molecule has 3 rings (SSSR count). The summed E-state index contributed by atoms with van der Waals surface area (Å²) in [5.41, 5.74) is 2.58. The van der Waals surface area contributed by atoms with Crippen LogP contribution in [0, 0.1) is 0 Å². The standard InChI is InChI=1S/C12H15N3/c1-2-10(12-8-13-5-6-15-12)7-11-9(1)3-4-14-11/h1-4,7,12-15H,5-6,8H2/t12-/m1/s1. The molecule has 2 heterocycles. The Morgan fingerprint density at radius 3 is 3.00 bits per heavy atom. The zero-order valence-electron chi connectivity index (χ0n) is 8.59. The number of benzene rings is 1. The number of H-pyrrole nitrogens is 1. The molecule has 78 valence electrons. The van der Waals surface area contributed by atoms with Crippen LogP contribution in [0.2, 0.25) is 0 Å². The summed E-state index contributed by atoms with van der Waals surface area (Å²) in [6, 6.07) is 9.18. The molecule has 0 amide bonds. The molecule has 1 aromatic carbocycles. The number of hydrogen-bond acceptors (Lipinski definition) is 2. The molecule has 0 saturated carbocycles. The summed E-state index contributed by atoms with van der Waals surface area (Å²) in [6.07, 6.45) is 1.99. The van der Waals surface area contributed by atoms with Crippen molar-refractivity contribution in [3.05, 3.63) is 36.0 Å². The molecule has 3 N–H and O–H groups in total. The van der Waals surface area contributed by atoms with Crippen molar-refractivity contribution in [1.82, 2.24) is 15.6 Å². The Morgan fingerprint density at radius 1 is 1.13 bits per heavy atom. The lowest BCUT2D eigenvalue weighted by Crippen LogP contribution is -2.42. The van der Waals surface area contributed by atoms with Crippen molar-refractivity contribution in [3.8, 4) is 0 Å². The Kier molecular flexibility index (Phi) is 2.19. The normalized spacial score (nSPS) is 22.0. The summed E-state index contributed by atoms with van der Waals surface area (Å²) in [5.74, 6) is 0. The van der Waals surface area contributed by atoms with Gasteiger partial charge in [0.15, 0.2) is 0 Å². The number of nitrogens with one attached hydrogen (secondary N) is 3. The summed E-state index contributed by atoms with van der Waals surface area (Å²) in [6.45, 7) is 3.14. The fourth-order valence-corrected chi connectivity index (χ4v) is 2.17. The summed E-state index contributed by atoms with van der Waals surface area (Å²) >= 11 is 0. The zero-order valence-corrected chi connectivity index (χ0v) is 8.59. The van der Waals surface area contributed by atoms with Gasteiger partial charge in [-0.3, -0.25) is 0 Å². The Balaban J connectivity index is 1.95. The second kappa shape index (κ2) is 3.68. The van der Waals surface area contributed by atoms with Crippen molar-refractivity contribution in [1.29, 1.82) is 0 Å². The molecule has 1 aliphatic heterocycles. The largest absolute Gasteiger partial charge is 0.361 e. The molecular weight excluding hydrogens is 186 g/mol. The van der Waals surface area contributed by atoms with Gasteiger partial charge in [-0.2, -0.15) is 0 Å². The number of hydrogen-bond donors (Lipinski definition) is 3. The minimum Gasteiger partial charge on any atom is -0.361 e. The maximum absolute atomic E-state index is 3.52. The average Bonchev–Trinajstić information content (AvgIpc) is 2.77. The zero-order chi connectivity index (χ0) is 10.1. The van der Waals surface area contributed by atoms with Crippen LogP contribution in [-0.2, 0) is 0 Å². The molecule has 0 unspecified atom stereocenters. The van der Waals surface area contributed by atoms with Gasteiger partial charge in [0, 0.05) is 37.4 Å². The van der Waals surface area contributed by atoms with E-state index in [0.29, 0.717) is 6.04 Å². The first-order valence-corrected chi connectivity index (χ1v) is 5.44. The van der Waals surface area contributed by atoms with Gasteiger partial charge in [-0.25, -0.2) is 0 Å². The quantitative estimate of drug-likeness (QED) is 0.652. The van der Waals surface area contributed by atoms with E-state index in [1.165, 1.54) is 16.5 Å². The second-order valence-electron chi connectivity index (χ2n) is 4.04. The smallest absolute Gasteiger partial charge is 0.0457 e. The highest BCUT2D eigenvalue weighted by Crippen LogP contribution is 2.19. The predicted molar refractivity (Wildman–Crippen MR) is 61.9 cm³/mol. The molecule has 1 fully saturated rings. The highest BCUT2D eigenvalue weighted by molar-refractivity contribution is 5.79. The highest BCUT2D eigenvalue weighted by Gasteiger charge is 2.14. The van der Waals surface area contributed by atoms with Crippen LogP contribution in [0.15, 0.2) is 30.5 Å². The van der Waals surface area contributed by atoms with Crippen molar-refractivity contribution >= 4 is 10.9 Å². The van der Waals surface area contributed by atoms with E-state index in [-0.39, 0.29) is 0 Å². The van der Waals surface area contributed by atoms with Gasteiger partial charge in [0.2, 0.25) is 0 Å². The van der Waals surface area contributed by atoms with Crippen LogP contribution >= 0.6 is 0 Å². The van der Waals surface area contributed by atoms with Gasteiger partial charge in [-0.15, -0.1) is 0 Å². The Hall–Kier alpha value is -1.32. The minimum atomic E-state index is 0.450. The van der Waals surface area contributed by atoms with E-state index in [1.807, 2.05) is 6.20 Å². The number of rotatable bonds is 1. The van der Waals surface area contributed by atoms with Gasteiger partial charge in [0.05, 0.1) is 0 Å². The van der Waals surface area contributed by atoms with Crippen molar-refractivity contribution in [2.75, 3.05) is 19.6 Å². The maximum Gasteiger partial charge on any atom is 0.0457 e. The molecule has 0 radical (unpaired) electrons. The Morgan fingerprint density at radius 2 is 2.13 bits per heavy atom. The van der Waals surface area contributed by atoms with Crippen LogP contribution < -0.4 is 10.6 Å². The number of fused-ring (bicyclic) bond motifs is 1. The molecule has 1 atom stereocenters. The molecule has 1 saturated heterocycles. The van der Waals surface area contributed by atoms with Crippen LogP contribution in [0.5, 0.6) is 0 Å². The third-order valence-electron chi connectivity index (χ3n) is 3.02. The highest BCUT2D eigenvalue weighted by atomic mass is 15.1. The fraction of sp³-hybridized carbons (Fsp3) is 0.333. The van der Waals surface area contributed by atoms with Crippen molar-refractivity contribution < 1.29 is 0 Å². The first kappa shape index (κ1) is 8.95. The van der Waals surface area contributed by atoms with Gasteiger partial charge >= 0.3 is 0 Å². The van der Waals surface area contributed by atoms with Gasteiger partial charge in [-0.05, 0) is 23.1 Å². The van der Waals surface area contributed by atoms with Crippen LogP contribution in [0.3, 0.4) is 0 Å². The lowest BCUT2D eigenvalue weighted by Gasteiger charge is -2.24. The molecule has 15 heavy (non-hydrogen) atoms. The molecule has 2 aromatic rings. The van der Waals surface area contributed by atoms with E-state index >= 15 is 0 Å². The maximum atomic E-state index is 3.52. The van der Waals surface area contributed by atoms with Gasteiger partial charge in [0.25, 0.3) is 0 Å². The van der Waals surface area contributed by atoms with E-state index in [9.17, 15) is 0 Å². The van der Waals surface area contributed by atoms with E-state index in [4.69, 9.17) is 0 Å². The van der Waals surface area contributed by atoms with Crippen molar-refractivity contribution in [2.24, 2.45) is 0 Å². The van der Waals surface area contributed by atoms with E-state index < -0.39 is 0 Å². The molecule has 1 aliphatic rings. The van der Waals surface area contributed by atoms with Crippen LogP contribution in [-0.4, -0.2) is 24.6 Å². The third-order valence-corrected chi connectivity index (χ3v) is 3.02. The van der Waals surface area contributed by atoms with Crippen molar-refractivity contribution in [2.45, 2.75) is 6.04 Å². The monoisotopic (exact) mass is 201 g/mol. The molecule has 3 heteroatoms. The molecule has 0 bridgehead atoms. The number of piperazine rings is 1. The second-order valence-corrected chi connectivity index (χ2v) is 4.04. The van der Waals surface area contributed by atoms with Gasteiger partial charge < -0.3 is 15.6 Å². The summed E-state index contributed by atoms with van der Waals surface area (Å²) in [7, 11) is 0. The fourth-order valence-electron chi connectivity index (χ4n) is 2.17. The lowest BCUT2D eigenvalue weighted by molar-refractivity contribution is 0.430. The Bertz CT molecular complexity index is 455. The molecule has 0 aliphatic carbocycles. The van der Waals surface area contributed by atoms with Gasteiger partial charge in [0.1, 0.15) is 0 Å². The first-order chi connectivity index (χ1) is 7.43. The van der Waals surface area contributed by atoms with E-state index in [1.54, 1.807) is 0 Å². The summed E-state index contributed by atoms with van der Waals surface area (Å²) in [4.78, 5) is 3.25. The Labute approximate surface area is 88.9 Å². The third kappa shape index (κ3) is 1.64. The van der Waals surface area contributed by atoms with Gasteiger partial charge in [-0.1, -0.05) is 12.1 Å². The molecule has 1 aromatic heterocycles. The SMILES string of the molecule is c1cc2ccc([C@H]3CNCCN3)cc2[nH]1. The van der Waals surface area contributed by atoms with E-state index in [0.717, 1.165) is 19.6 Å². The lowest BCUT2D eigenvalue weighted by atomic mass is 10.0. The minimum absolute atomic E-state index is 0.450. The summed E-state index contributed by atoms with van der Waals surface area (Å²) in [5, 5.41) is 8.20.